The van der Waals surface area contributed by atoms with Gasteiger partial charge < -0.3 is 15.4 Å². The van der Waals surface area contributed by atoms with Gasteiger partial charge in [0.2, 0.25) is 5.91 Å². The first kappa shape index (κ1) is 31.5. The van der Waals surface area contributed by atoms with Gasteiger partial charge in [0.1, 0.15) is 12.6 Å². The molecule has 2 amide bonds. The van der Waals surface area contributed by atoms with Gasteiger partial charge >= 0.3 is 6.09 Å². The lowest BCUT2D eigenvalue weighted by molar-refractivity contribution is -0.128. The molecule has 0 aliphatic heterocycles. The number of hydrogen-bond donors (Lipinski definition) is 2. The van der Waals surface area contributed by atoms with Gasteiger partial charge in [-0.25, -0.2) is 4.79 Å². The fraction of sp³-hybridized carbons (Fsp3) is 0.257. The van der Waals surface area contributed by atoms with E-state index in [0.29, 0.717) is 6.42 Å². The number of aryl methyl sites for hydroxylation is 1. The van der Waals surface area contributed by atoms with Crippen LogP contribution in [0.25, 0.3) is 0 Å². The molecule has 0 spiro atoms. The number of alkyl carbamates (subject to hydrolysis) is 1. The molecule has 4 rings (SSSR count). The minimum atomic E-state index is -0.937. The van der Waals surface area contributed by atoms with Crippen LogP contribution in [0.4, 0.5) is 4.79 Å². The minimum absolute atomic E-state index is 0.0238. The zero-order chi connectivity index (χ0) is 30.1. The first-order valence-corrected chi connectivity index (χ1v) is 15.6. The summed E-state index contributed by atoms with van der Waals surface area (Å²) in [4.78, 5) is 43.8. The average Bonchev–Trinajstić information content (AvgIpc) is 3.05. The first-order chi connectivity index (χ1) is 21.1. The number of carbonyl (C=O) groups excluding carboxylic acids is 3. The molecule has 0 saturated heterocycles. The Labute approximate surface area is 257 Å². The SMILES string of the molecule is O=C(N[C@@H](Cc1ccccc1)C(=O)N[C@@H](Cc1ccccc1)C(=O)CSCCCc1ccccc1)OCc1cccnc1. The van der Waals surface area contributed by atoms with Crippen LogP contribution in [0, 0.1) is 0 Å². The molecule has 0 aliphatic rings. The molecule has 2 N–H and O–H groups in total. The molecule has 0 fully saturated rings. The Morgan fingerprint density at radius 3 is 1.88 bits per heavy atom. The topological polar surface area (TPSA) is 97.4 Å². The number of pyridine rings is 1. The Morgan fingerprint density at radius 1 is 0.698 bits per heavy atom. The lowest BCUT2D eigenvalue weighted by Crippen LogP contribution is -2.53. The molecule has 0 bridgehead atoms. The van der Waals surface area contributed by atoms with Gasteiger partial charge in [0.05, 0.1) is 11.8 Å². The Kier molecular flexibility index (Phi) is 12.8. The number of Topliss-reactive ketones (excluding diaryl/α,β-unsaturated/α-hetero) is 1. The molecule has 0 aliphatic carbocycles. The van der Waals surface area contributed by atoms with Crippen molar-refractivity contribution in [3.63, 3.8) is 0 Å². The summed E-state index contributed by atoms with van der Waals surface area (Å²) in [7, 11) is 0. The summed E-state index contributed by atoms with van der Waals surface area (Å²) in [5.74, 6) is 0.634. The monoisotopic (exact) mass is 595 g/mol. The molecule has 0 saturated carbocycles. The van der Waals surface area contributed by atoms with Gasteiger partial charge in [0.25, 0.3) is 0 Å². The van der Waals surface area contributed by atoms with Crippen molar-refractivity contribution in [3.05, 3.63) is 138 Å². The number of carbonyl (C=O) groups is 3. The van der Waals surface area contributed by atoms with Crippen LogP contribution in [-0.4, -0.2) is 46.4 Å². The van der Waals surface area contributed by atoms with Crippen molar-refractivity contribution in [2.75, 3.05) is 11.5 Å². The molecule has 222 valence electrons. The fourth-order valence-corrected chi connectivity index (χ4v) is 5.43. The van der Waals surface area contributed by atoms with Gasteiger partial charge in [-0.1, -0.05) is 97.1 Å². The highest BCUT2D eigenvalue weighted by atomic mass is 32.2. The maximum Gasteiger partial charge on any atom is 0.408 e. The Morgan fingerprint density at radius 2 is 1.28 bits per heavy atom. The number of aromatic nitrogens is 1. The molecule has 1 heterocycles. The summed E-state index contributed by atoms with van der Waals surface area (Å²) < 4.78 is 5.36. The Balaban J connectivity index is 1.39. The van der Waals surface area contributed by atoms with E-state index in [4.69, 9.17) is 4.74 Å². The maximum absolute atomic E-state index is 13.6. The number of hydrogen-bond acceptors (Lipinski definition) is 6. The summed E-state index contributed by atoms with van der Waals surface area (Å²) in [5.41, 5.74) is 3.82. The van der Waals surface area contributed by atoms with Gasteiger partial charge in [-0.05, 0) is 47.8 Å². The van der Waals surface area contributed by atoms with Crippen LogP contribution < -0.4 is 10.6 Å². The molecule has 3 aromatic carbocycles. The zero-order valence-electron chi connectivity index (χ0n) is 24.1. The highest BCUT2D eigenvalue weighted by Crippen LogP contribution is 2.12. The molecule has 0 radical (unpaired) electrons. The van der Waals surface area contributed by atoms with Crippen molar-refractivity contribution in [1.29, 1.82) is 0 Å². The molecular weight excluding hydrogens is 558 g/mol. The second kappa shape index (κ2) is 17.5. The molecule has 1 aromatic heterocycles. The second-order valence-corrected chi connectivity index (χ2v) is 11.3. The standard InChI is InChI=1S/C35H37N3O4S/c39-33(26-43-21-11-19-27-12-4-1-5-13-27)31(22-28-14-6-2-7-15-28)37-34(40)32(23-29-16-8-3-9-17-29)38-35(41)42-25-30-18-10-20-36-24-30/h1-10,12-18,20,24,31-32H,11,19,21-23,25-26H2,(H,37,40)(H,38,41)/t31-,32-/m0/s1. The number of nitrogens with zero attached hydrogens (tertiary/aromatic N) is 1. The number of ketones is 1. The van der Waals surface area contributed by atoms with Crippen molar-refractivity contribution < 1.29 is 19.1 Å². The van der Waals surface area contributed by atoms with Gasteiger partial charge in [0.15, 0.2) is 5.78 Å². The molecule has 0 unspecified atom stereocenters. The van der Waals surface area contributed by atoms with Crippen LogP contribution >= 0.6 is 11.8 Å². The summed E-state index contributed by atoms with van der Waals surface area (Å²) in [6.45, 7) is 0.0238. The largest absolute Gasteiger partial charge is 0.445 e. The van der Waals surface area contributed by atoms with Crippen LogP contribution in [0.5, 0.6) is 0 Å². The molecule has 2 atom stereocenters. The summed E-state index contributed by atoms with van der Waals surface area (Å²) >= 11 is 1.58. The van der Waals surface area contributed by atoms with E-state index in [9.17, 15) is 14.4 Å². The lowest BCUT2D eigenvalue weighted by Gasteiger charge is -2.23. The number of ether oxygens (including phenoxy) is 1. The smallest absolute Gasteiger partial charge is 0.408 e. The van der Waals surface area contributed by atoms with Gasteiger partial charge in [-0.2, -0.15) is 11.8 Å². The van der Waals surface area contributed by atoms with Crippen molar-refractivity contribution in [2.24, 2.45) is 0 Å². The number of nitrogens with one attached hydrogen (secondary N) is 2. The maximum atomic E-state index is 13.6. The van der Waals surface area contributed by atoms with E-state index in [1.165, 1.54) is 5.56 Å². The van der Waals surface area contributed by atoms with Crippen LogP contribution in [0.1, 0.15) is 28.7 Å². The lowest BCUT2D eigenvalue weighted by atomic mass is 10.0. The average molecular weight is 596 g/mol. The van der Waals surface area contributed by atoms with E-state index < -0.39 is 24.1 Å². The summed E-state index contributed by atoms with van der Waals surface area (Å²) in [6, 6.07) is 31.2. The van der Waals surface area contributed by atoms with Crippen LogP contribution in [0.2, 0.25) is 0 Å². The number of thioether (sulfide) groups is 1. The molecule has 7 nitrogen and oxygen atoms in total. The highest BCUT2D eigenvalue weighted by molar-refractivity contribution is 7.99. The predicted octanol–water partition coefficient (Wildman–Crippen LogP) is 5.58. The van der Waals surface area contributed by atoms with Crippen molar-refractivity contribution in [2.45, 2.75) is 44.4 Å². The predicted molar refractivity (Wildman–Crippen MR) is 171 cm³/mol. The normalized spacial score (nSPS) is 12.1. The Hall–Kier alpha value is -4.43. The van der Waals surface area contributed by atoms with Crippen LogP contribution in [-0.2, 0) is 40.2 Å². The zero-order valence-corrected chi connectivity index (χ0v) is 24.9. The van der Waals surface area contributed by atoms with Crippen LogP contribution in [0.15, 0.2) is 116 Å². The third-order valence-electron chi connectivity index (χ3n) is 6.81. The van der Waals surface area contributed by atoms with E-state index in [1.54, 1.807) is 36.3 Å². The van der Waals surface area contributed by atoms with E-state index in [0.717, 1.165) is 35.3 Å². The Bertz CT molecular complexity index is 1410. The van der Waals surface area contributed by atoms with Crippen molar-refractivity contribution in [3.8, 4) is 0 Å². The van der Waals surface area contributed by atoms with Crippen molar-refractivity contribution in [1.82, 2.24) is 15.6 Å². The van der Waals surface area contributed by atoms with Crippen LogP contribution in [0.3, 0.4) is 0 Å². The van der Waals surface area contributed by atoms with Gasteiger partial charge in [-0.15, -0.1) is 0 Å². The van der Waals surface area contributed by atoms with Gasteiger partial charge in [0, 0.05) is 24.4 Å². The summed E-state index contributed by atoms with van der Waals surface area (Å²) in [6.07, 6.45) is 5.05. The number of rotatable bonds is 16. The van der Waals surface area contributed by atoms with E-state index >= 15 is 0 Å². The minimum Gasteiger partial charge on any atom is -0.445 e. The first-order valence-electron chi connectivity index (χ1n) is 14.4. The van der Waals surface area contributed by atoms with E-state index in [1.807, 2.05) is 78.9 Å². The quantitative estimate of drug-likeness (QED) is 0.164. The molecule has 8 heteroatoms. The van der Waals surface area contributed by atoms with E-state index in [-0.39, 0.29) is 24.6 Å². The number of benzene rings is 3. The molecule has 43 heavy (non-hydrogen) atoms. The van der Waals surface area contributed by atoms with Gasteiger partial charge in [-0.3, -0.25) is 14.6 Å². The molecular formula is C35H37N3O4S. The second-order valence-electron chi connectivity index (χ2n) is 10.2. The number of amides is 2. The molecule has 4 aromatic rings. The third kappa shape index (κ3) is 11.4. The third-order valence-corrected chi connectivity index (χ3v) is 7.88. The summed E-state index contributed by atoms with van der Waals surface area (Å²) in [5, 5.41) is 5.66. The van der Waals surface area contributed by atoms with E-state index in [2.05, 4.69) is 27.8 Å². The van der Waals surface area contributed by atoms with Crippen molar-refractivity contribution >= 4 is 29.5 Å². The fourth-order valence-electron chi connectivity index (χ4n) is 4.54. The highest BCUT2D eigenvalue weighted by Gasteiger charge is 2.27.